The van der Waals surface area contributed by atoms with E-state index in [0.717, 1.165) is 11.1 Å². The number of aromatic nitrogens is 3. The Balaban J connectivity index is 1.65. The second kappa shape index (κ2) is 5.70. The number of nitrogens with one attached hydrogen (secondary N) is 1. The van der Waals surface area contributed by atoms with Gasteiger partial charge in [0, 0.05) is 18.8 Å². The highest BCUT2D eigenvalue weighted by Crippen LogP contribution is 2.25. The number of oxazole rings is 1. The van der Waals surface area contributed by atoms with Crippen molar-refractivity contribution in [2.75, 3.05) is 5.32 Å². The Morgan fingerprint density at radius 2 is 2.08 bits per heavy atom. The lowest BCUT2D eigenvalue weighted by atomic mass is 10.1. The number of nitrogens with zero attached hydrogens (tertiary/aromatic N) is 3. The van der Waals surface area contributed by atoms with Crippen LogP contribution < -0.4 is 5.32 Å². The lowest BCUT2D eigenvalue weighted by Gasteiger charge is -2.05. The van der Waals surface area contributed by atoms with E-state index < -0.39 is 0 Å². The van der Waals surface area contributed by atoms with E-state index in [1.807, 2.05) is 13.8 Å². The maximum Gasteiger partial charge on any atom is 0.257 e. The monoisotopic (exact) mass is 336 g/mol. The van der Waals surface area contributed by atoms with Crippen LogP contribution in [0.1, 0.15) is 41.7 Å². The second-order valence-electron chi connectivity index (χ2n) is 6.17. The zero-order chi connectivity index (χ0) is 17.6. The quantitative estimate of drug-likeness (QED) is 0.606. The number of carbonyl (C=O) groups excluding carboxylic acids is 1. The Morgan fingerprint density at radius 3 is 2.88 bits per heavy atom. The Labute approximate surface area is 143 Å². The fourth-order valence-corrected chi connectivity index (χ4v) is 2.71. The third-order valence-electron chi connectivity index (χ3n) is 3.92. The second-order valence-corrected chi connectivity index (χ2v) is 6.17. The van der Waals surface area contributed by atoms with E-state index in [2.05, 4.69) is 20.4 Å². The Morgan fingerprint density at radius 1 is 1.24 bits per heavy atom. The molecule has 0 spiro atoms. The number of amides is 1. The summed E-state index contributed by atoms with van der Waals surface area (Å²) >= 11 is 0. The number of rotatable bonds is 3. The summed E-state index contributed by atoms with van der Waals surface area (Å²) in [6.45, 7) is 5.81. The molecule has 0 bridgehead atoms. The number of fused-ring (bicyclic) bond motifs is 2. The van der Waals surface area contributed by atoms with Crippen molar-refractivity contribution >= 4 is 33.8 Å². The molecular weight excluding hydrogens is 320 g/mol. The molecule has 4 aromatic rings. The maximum absolute atomic E-state index is 12.6. The molecule has 1 aromatic carbocycles. The van der Waals surface area contributed by atoms with Crippen molar-refractivity contribution in [1.82, 2.24) is 15.1 Å². The molecule has 25 heavy (non-hydrogen) atoms. The average Bonchev–Trinajstić information content (AvgIpc) is 3.15. The first-order valence-corrected chi connectivity index (χ1v) is 7.95. The van der Waals surface area contributed by atoms with Crippen molar-refractivity contribution in [3.8, 4) is 0 Å². The SMILES string of the molecule is Cc1nc2cc(NC(=O)c3cnc4onc(C(C)C)c4c3)ccc2o1. The van der Waals surface area contributed by atoms with Gasteiger partial charge in [0.05, 0.1) is 16.6 Å². The molecule has 0 unspecified atom stereocenters. The number of hydrogen-bond donors (Lipinski definition) is 1. The average molecular weight is 336 g/mol. The van der Waals surface area contributed by atoms with Crippen LogP contribution in [0.4, 0.5) is 5.69 Å². The van der Waals surface area contributed by atoms with Gasteiger partial charge < -0.3 is 14.3 Å². The summed E-state index contributed by atoms with van der Waals surface area (Å²) in [6.07, 6.45) is 1.48. The summed E-state index contributed by atoms with van der Waals surface area (Å²) in [4.78, 5) is 21.0. The van der Waals surface area contributed by atoms with Gasteiger partial charge in [-0.1, -0.05) is 19.0 Å². The molecule has 0 radical (unpaired) electrons. The topological polar surface area (TPSA) is 94.1 Å². The van der Waals surface area contributed by atoms with Crippen LogP contribution in [0.2, 0.25) is 0 Å². The molecule has 0 saturated heterocycles. The molecule has 0 aliphatic carbocycles. The number of benzene rings is 1. The Hall–Kier alpha value is -3.22. The highest BCUT2D eigenvalue weighted by Gasteiger charge is 2.16. The van der Waals surface area contributed by atoms with Crippen molar-refractivity contribution in [3.05, 3.63) is 47.6 Å². The fraction of sp³-hybridized carbons (Fsp3) is 0.222. The minimum atomic E-state index is -0.259. The number of aryl methyl sites for hydroxylation is 1. The number of hydrogen-bond acceptors (Lipinski definition) is 6. The molecular formula is C18H16N4O3. The number of anilines is 1. The standard InChI is InChI=1S/C18H16N4O3/c1-9(2)16-13-6-11(8-19-18(13)25-22-16)17(23)21-12-4-5-15-14(7-12)20-10(3)24-15/h4-9H,1-3H3,(H,21,23). The molecule has 7 heteroatoms. The molecule has 0 aliphatic heterocycles. The summed E-state index contributed by atoms with van der Waals surface area (Å²) in [6, 6.07) is 7.08. The molecule has 3 aromatic heterocycles. The van der Waals surface area contributed by atoms with Gasteiger partial charge in [0.15, 0.2) is 11.5 Å². The largest absolute Gasteiger partial charge is 0.441 e. The van der Waals surface area contributed by atoms with Crippen molar-refractivity contribution in [1.29, 1.82) is 0 Å². The normalized spacial score (nSPS) is 11.5. The van der Waals surface area contributed by atoms with Crippen LogP contribution in [0.5, 0.6) is 0 Å². The van der Waals surface area contributed by atoms with Crippen LogP contribution >= 0.6 is 0 Å². The molecule has 0 atom stereocenters. The van der Waals surface area contributed by atoms with E-state index in [1.165, 1.54) is 6.20 Å². The Kier molecular flexibility index (Phi) is 3.49. The summed E-state index contributed by atoms with van der Waals surface area (Å²) in [7, 11) is 0. The van der Waals surface area contributed by atoms with Gasteiger partial charge in [-0.25, -0.2) is 9.97 Å². The van der Waals surface area contributed by atoms with Crippen LogP contribution in [0.25, 0.3) is 22.2 Å². The summed E-state index contributed by atoms with van der Waals surface area (Å²) in [5.41, 5.74) is 3.68. The number of pyridine rings is 1. The van der Waals surface area contributed by atoms with Gasteiger partial charge in [-0.05, 0) is 30.2 Å². The van der Waals surface area contributed by atoms with Gasteiger partial charge in [-0.2, -0.15) is 0 Å². The molecule has 4 rings (SSSR count). The summed E-state index contributed by atoms with van der Waals surface area (Å²) < 4.78 is 10.6. The van der Waals surface area contributed by atoms with Crippen LogP contribution in [-0.2, 0) is 0 Å². The first-order chi connectivity index (χ1) is 12.0. The molecule has 0 aliphatic rings. The molecule has 0 fully saturated rings. The molecule has 3 heterocycles. The van der Waals surface area contributed by atoms with Gasteiger partial charge >= 0.3 is 0 Å². The Bertz CT molecular complexity index is 1090. The van der Waals surface area contributed by atoms with Crippen molar-refractivity contribution in [3.63, 3.8) is 0 Å². The molecule has 1 N–H and O–H groups in total. The smallest absolute Gasteiger partial charge is 0.257 e. The van der Waals surface area contributed by atoms with E-state index >= 15 is 0 Å². The first-order valence-electron chi connectivity index (χ1n) is 7.95. The molecule has 0 saturated carbocycles. The van der Waals surface area contributed by atoms with Gasteiger partial charge in [-0.15, -0.1) is 0 Å². The van der Waals surface area contributed by atoms with Crippen LogP contribution in [0, 0.1) is 6.92 Å². The lowest BCUT2D eigenvalue weighted by molar-refractivity contribution is 0.102. The predicted octanol–water partition coefficient (Wildman–Crippen LogP) is 4.05. The number of carbonyl (C=O) groups is 1. The van der Waals surface area contributed by atoms with Crippen molar-refractivity contribution in [2.24, 2.45) is 0 Å². The lowest BCUT2D eigenvalue weighted by Crippen LogP contribution is -2.12. The van der Waals surface area contributed by atoms with E-state index in [9.17, 15) is 4.79 Å². The first kappa shape index (κ1) is 15.3. The minimum Gasteiger partial charge on any atom is -0.441 e. The third kappa shape index (κ3) is 2.73. The highest BCUT2D eigenvalue weighted by atomic mass is 16.5. The maximum atomic E-state index is 12.6. The van der Waals surface area contributed by atoms with E-state index in [1.54, 1.807) is 31.2 Å². The molecule has 1 amide bonds. The predicted molar refractivity (Wildman–Crippen MR) is 92.6 cm³/mol. The van der Waals surface area contributed by atoms with Gasteiger partial charge in [0.2, 0.25) is 0 Å². The zero-order valence-corrected chi connectivity index (χ0v) is 14.0. The summed E-state index contributed by atoms with van der Waals surface area (Å²) in [5, 5.41) is 7.64. The van der Waals surface area contributed by atoms with Crippen LogP contribution in [-0.4, -0.2) is 21.0 Å². The van der Waals surface area contributed by atoms with E-state index in [0.29, 0.717) is 34.0 Å². The zero-order valence-electron chi connectivity index (χ0n) is 14.0. The van der Waals surface area contributed by atoms with Crippen molar-refractivity contribution in [2.45, 2.75) is 26.7 Å². The van der Waals surface area contributed by atoms with Crippen LogP contribution in [0.3, 0.4) is 0 Å². The molecule has 126 valence electrons. The van der Waals surface area contributed by atoms with E-state index in [4.69, 9.17) is 8.94 Å². The van der Waals surface area contributed by atoms with Gasteiger partial charge in [0.1, 0.15) is 5.52 Å². The van der Waals surface area contributed by atoms with E-state index in [-0.39, 0.29) is 11.8 Å². The van der Waals surface area contributed by atoms with Gasteiger partial charge in [-0.3, -0.25) is 4.79 Å². The van der Waals surface area contributed by atoms with Gasteiger partial charge in [0.25, 0.3) is 11.6 Å². The fourth-order valence-electron chi connectivity index (χ4n) is 2.71. The molecule has 7 nitrogen and oxygen atoms in total. The minimum absolute atomic E-state index is 0.180. The highest BCUT2D eigenvalue weighted by molar-refractivity contribution is 6.06. The summed E-state index contributed by atoms with van der Waals surface area (Å²) in [5.74, 6) is 0.505. The third-order valence-corrected chi connectivity index (χ3v) is 3.92. The van der Waals surface area contributed by atoms with Crippen LogP contribution in [0.15, 0.2) is 39.4 Å². The van der Waals surface area contributed by atoms with Crippen molar-refractivity contribution < 1.29 is 13.7 Å².